The molecule has 3 aliphatic carbocycles. The third-order valence-electron chi connectivity index (χ3n) is 14.6. The van der Waals surface area contributed by atoms with Gasteiger partial charge >= 0.3 is 0 Å². The largest absolute Gasteiger partial charge is 0.310 e. The van der Waals surface area contributed by atoms with Crippen LogP contribution in [-0.4, -0.2) is 4.57 Å². The summed E-state index contributed by atoms with van der Waals surface area (Å²) in [5.41, 5.74) is 23.3. The van der Waals surface area contributed by atoms with Crippen LogP contribution in [0.15, 0.2) is 206 Å². The lowest BCUT2D eigenvalue weighted by molar-refractivity contribution is 0.563. The van der Waals surface area contributed by atoms with Crippen LogP contribution in [0, 0.1) is 0 Å². The van der Waals surface area contributed by atoms with Crippen LogP contribution in [0.4, 0.5) is 17.1 Å². The van der Waals surface area contributed by atoms with Gasteiger partial charge in [-0.25, -0.2) is 0 Å². The molecule has 0 radical (unpaired) electrons. The van der Waals surface area contributed by atoms with E-state index in [0.717, 1.165) is 18.5 Å². The second-order valence-corrected chi connectivity index (χ2v) is 18.2. The summed E-state index contributed by atoms with van der Waals surface area (Å²) in [6.07, 6.45) is 2.04. The van der Waals surface area contributed by atoms with E-state index in [0.29, 0.717) is 0 Å². The van der Waals surface area contributed by atoms with Gasteiger partial charge in [0.25, 0.3) is 0 Å². The Morgan fingerprint density at radius 3 is 1.74 bits per heavy atom. The fourth-order valence-electron chi connectivity index (χ4n) is 11.7. The fraction of sp³-hybridized carbons (Fsp3) is 0.100. The van der Waals surface area contributed by atoms with Crippen molar-refractivity contribution in [3.63, 3.8) is 0 Å². The van der Waals surface area contributed by atoms with Crippen molar-refractivity contribution in [1.29, 1.82) is 0 Å². The maximum absolute atomic E-state index is 2.52. The summed E-state index contributed by atoms with van der Waals surface area (Å²) in [7, 11) is 0. The highest BCUT2D eigenvalue weighted by molar-refractivity contribution is 6.10. The monoisotopic (exact) mass is 792 g/mol. The van der Waals surface area contributed by atoms with Crippen LogP contribution in [0.3, 0.4) is 0 Å². The summed E-state index contributed by atoms with van der Waals surface area (Å²) >= 11 is 0. The minimum Gasteiger partial charge on any atom is -0.310 e. The molecule has 0 bridgehead atoms. The number of aromatic nitrogens is 1. The summed E-state index contributed by atoms with van der Waals surface area (Å²) in [5.74, 6) is 0. The lowest BCUT2D eigenvalue weighted by Gasteiger charge is -2.30. The van der Waals surface area contributed by atoms with Crippen LogP contribution >= 0.6 is 0 Å². The zero-order chi connectivity index (χ0) is 41.2. The molecule has 0 saturated carbocycles. The van der Waals surface area contributed by atoms with Crippen molar-refractivity contribution in [3.8, 4) is 39.1 Å². The number of hydrogen-bond donors (Lipinski definition) is 0. The van der Waals surface area contributed by atoms with Crippen molar-refractivity contribution < 1.29 is 0 Å². The first-order valence-electron chi connectivity index (χ1n) is 22.0. The fourth-order valence-corrected chi connectivity index (χ4v) is 11.7. The van der Waals surface area contributed by atoms with Gasteiger partial charge in [-0.1, -0.05) is 153 Å². The van der Waals surface area contributed by atoms with E-state index in [1.165, 1.54) is 106 Å². The molecule has 0 amide bonds. The maximum atomic E-state index is 2.52. The first kappa shape index (κ1) is 35.3. The summed E-state index contributed by atoms with van der Waals surface area (Å²) in [5, 5.41) is 2.52. The van der Waals surface area contributed by atoms with Gasteiger partial charge in [0, 0.05) is 44.4 Å². The molecule has 1 heterocycles. The van der Waals surface area contributed by atoms with E-state index in [2.05, 4.69) is 230 Å². The molecule has 9 aromatic carbocycles. The highest BCUT2D eigenvalue weighted by atomic mass is 15.1. The number of hydrogen-bond acceptors (Lipinski definition) is 1. The zero-order valence-corrected chi connectivity index (χ0v) is 34.9. The molecule has 0 unspecified atom stereocenters. The Hall–Kier alpha value is -7.42. The molecule has 3 aliphatic rings. The number of benzene rings is 9. The molecule has 0 fully saturated rings. The van der Waals surface area contributed by atoms with Gasteiger partial charge in [-0.2, -0.15) is 0 Å². The summed E-state index contributed by atoms with van der Waals surface area (Å²) in [6, 6.07) is 77.3. The van der Waals surface area contributed by atoms with Crippen molar-refractivity contribution in [2.45, 2.75) is 37.5 Å². The van der Waals surface area contributed by atoms with E-state index in [9.17, 15) is 0 Å². The smallest absolute Gasteiger partial charge is 0.0541 e. The maximum Gasteiger partial charge on any atom is 0.0541 e. The standard InChI is InChI=1S/C60H44N2/c1-59(2)53-21-11-8-19-48(53)51-35-45(30-32-54(51)59)61(46-29-31-49-47-18-9-12-22-55(47)60(56(49)36-46)37-41-14-6-7-15-42(41)38-60)44-27-24-39(25-28-44)40-26-33-58-52(34-40)50-20-10-13-23-57(50)62(58)43-16-4-3-5-17-43/h3-36H,37-38H2,1-2H3. The lowest BCUT2D eigenvalue weighted by atomic mass is 9.75. The summed E-state index contributed by atoms with van der Waals surface area (Å²) in [4.78, 5) is 2.49. The van der Waals surface area contributed by atoms with Crippen LogP contribution in [0.25, 0.3) is 60.9 Å². The first-order chi connectivity index (χ1) is 30.5. The Balaban J connectivity index is 0.962. The third kappa shape index (κ3) is 4.98. The first-order valence-corrected chi connectivity index (χ1v) is 22.0. The molecule has 13 rings (SSSR count). The van der Waals surface area contributed by atoms with Crippen LogP contribution in [0.1, 0.15) is 47.2 Å². The molecular weight excluding hydrogens is 749 g/mol. The van der Waals surface area contributed by atoms with Crippen molar-refractivity contribution >= 4 is 38.9 Å². The van der Waals surface area contributed by atoms with Gasteiger partial charge in [0.2, 0.25) is 0 Å². The normalized spacial score (nSPS) is 14.7. The Labute approximate surface area is 363 Å². The van der Waals surface area contributed by atoms with Crippen molar-refractivity contribution in [2.75, 3.05) is 4.90 Å². The van der Waals surface area contributed by atoms with E-state index in [4.69, 9.17) is 0 Å². The van der Waals surface area contributed by atoms with Gasteiger partial charge in [0.1, 0.15) is 0 Å². The molecule has 0 aliphatic heterocycles. The number of para-hydroxylation sites is 2. The molecule has 0 N–H and O–H groups in total. The van der Waals surface area contributed by atoms with Crippen molar-refractivity contribution in [3.05, 3.63) is 240 Å². The predicted octanol–water partition coefficient (Wildman–Crippen LogP) is 15.3. The van der Waals surface area contributed by atoms with E-state index in [-0.39, 0.29) is 10.8 Å². The minimum atomic E-state index is -0.0929. The van der Waals surface area contributed by atoms with E-state index in [1.807, 2.05) is 0 Å². The molecule has 0 atom stereocenters. The van der Waals surface area contributed by atoms with Gasteiger partial charge in [-0.3, -0.25) is 0 Å². The van der Waals surface area contributed by atoms with E-state index < -0.39 is 0 Å². The topological polar surface area (TPSA) is 8.17 Å². The predicted molar refractivity (Wildman–Crippen MR) is 259 cm³/mol. The van der Waals surface area contributed by atoms with Gasteiger partial charge in [-0.05, 0) is 146 Å². The Morgan fingerprint density at radius 2 is 0.952 bits per heavy atom. The Morgan fingerprint density at radius 1 is 0.387 bits per heavy atom. The van der Waals surface area contributed by atoms with Crippen LogP contribution in [0.5, 0.6) is 0 Å². The molecular formula is C60H44N2. The van der Waals surface area contributed by atoms with Gasteiger partial charge in [0.15, 0.2) is 0 Å². The summed E-state index contributed by atoms with van der Waals surface area (Å²) in [6.45, 7) is 4.73. The average Bonchev–Trinajstić information content (AvgIpc) is 4.02. The number of rotatable bonds is 5. The average molecular weight is 793 g/mol. The zero-order valence-electron chi connectivity index (χ0n) is 34.9. The second-order valence-electron chi connectivity index (χ2n) is 18.2. The molecule has 2 heteroatoms. The van der Waals surface area contributed by atoms with Crippen molar-refractivity contribution in [1.82, 2.24) is 4.57 Å². The van der Waals surface area contributed by atoms with Crippen LogP contribution < -0.4 is 4.90 Å². The SMILES string of the molecule is CC1(C)c2ccccc2-c2cc(N(c3ccc(-c4ccc5c(c4)c4ccccc4n5-c4ccccc4)cc3)c3ccc4c(c3)C3(Cc5ccccc5C3)c3ccccc3-4)ccc21. The van der Waals surface area contributed by atoms with E-state index in [1.54, 1.807) is 0 Å². The summed E-state index contributed by atoms with van der Waals surface area (Å²) < 4.78 is 2.38. The quantitative estimate of drug-likeness (QED) is 0.169. The number of fused-ring (bicyclic) bond motifs is 12. The van der Waals surface area contributed by atoms with Gasteiger partial charge in [0.05, 0.1) is 11.0 Å². The third-order valence-corrected chi connectivity index (χ3v) is 14.6. The molecule has 10 aromatic rings. The molecule has 1 spiro atoms. The number of anilines is 3. The second kappa shape index (κ2) is 13.0. The van der Waals surface area contributed by atoms with Crippen LogP contribution in [-0.2, 0) is 23.7 Å². The van der Waals surface area contributed by atoms with Gasteiger partial charge in [-0.15, -0.1) is 0 Å². The molecule has 62 heavy (non-hydrogen) atoms. The highest BCUT2D eigenvalue weighted by Gasteiger charge is 2.47. The van der Waals surface area contributed by atoms with Crippen molar-refractivity contribution in [2.24, 2.45) is 0 Å². The lowest BCUT2D eigenvalue weighted by Crippen LogP contribution is -2.26. The van der Waals surface area contributed by atoms with Gasteiger partial charge < -0.3 is 9.47 Å². The highest BCUT2D eigenvalue weighted by Crippen LogP contribution is 2.57. The molecule has 2 nitrogen and oxygen atoms in total. The van der Waals surface area contributed by atoms with E-state index >= 15 is 0 Å². The number of nitrogens with zero attached hydrogens (tertiary/aromatic N) is 2. The minimum absolute atomic E-state index is 0.0609. The van der Waals surface area contributed by atoms with Crippen LogP contribution in [0.2, 0.25) is 0 Å². The Bertz CT molecular complexity index is 3410. The molecule has 0 saturated heterocycles. The Kier molecular flexibility index (Phi) is 7.43. The molecule has 1 aromatic heterocycles. The molecule has 294 valence electrons.